The molecule has 13 rings (SSSR count). The van der Waals surface area contributed by atoms with Crippen molar-refractivity contribution in [1.82, 2.24) is 0 Å². The molecule has 5 nitrogen and oxygen atoms in total. The van der Waals surface area contributed by atoms with Gasteiger partial charge < -0.3 is 23.1 Å². The highest BCUT2D eigenvalue weighted by molar-refractivity contribution is 6.14. The Morgan fingerprint density at radius 2 is 0.803 bits per heavy atom. The van der Waals surface area contributed by atoms with Gasteiger partial charge in [-0.1, -0.05) is 78.9 Å². The number of allylic oxidation sites excluding steroid dienone is 4. The molecule has 5 heteroatoms. The van der Waals surface area contributed by atoms with Crippen LogP contribution in [0.3, 0.4) is 0 Å². The van der Waals surface area contributed by atoms with Crippen LogP contribution < -0.4 is 9.80 Å². The van der Waals surface area contributed by atoms with Gasteiger partial charge in [0.05, 0.1) is 0 Å². The monoisotopic (exact) mass is 784 g/mol. The third-order valence-corrected chi connectivity index (χ3v) is 12.4. The van der Waals surface area contributed by atoms with Crippen molar-refractivity contribution >= 4 is 116 Å². The maximum Gasteiger partial charge on any atom is 0.136 e. The average molecular weight is 785 g/mol. The molecular formula is C56H36N2O3. The smallest absolute Gasteiger partial charge is 0.136 e. The molecular weight excluding hydrogens is 749 g/mol. The number of furan rings is 3. The van der Waals surface area contributed by atoms with Gasteiger partial charge in [0, 0.05) is 66.5 Å². The van der Waals surface area contributed by atoms with Crippen LogP contribution in [0.4, 0.5) is 28.4 Å². The molecule has 61 heavy (non-hydrogen) atoms. The third kappa shape index (κ3) is 5.48. The summed E-state index contributed by atoms with van der Waals surface area (Å²) in [7, 11) is 0. The van der Waals surface area contributed by atoms with Gasteiger partial charge in [0.25, 0.3) is 0 Å². The molecule has 0 bridgehead atoms. The summed E-state index contributed by atoms with van der Waals surface area (Å²) in [5, 5.41) is 11.2. The first-order valence-corrected chi connectivity index (χ1v) is 20.9. The summed E-state index contributed by atoms with van der Waals surface area (Å²) < 4.78 is 19.1. The fourth-order valence-corrected chi connectivity index (χ4v) is 9.50. The number of fused-ring (bicyclic) bond motifs is 11. The van der Waals surface area contributed by atoms with E-state index in [1.807, 2.05) is 24.3 Å². The zero-order chi connectivity index (χ0) is 40.0. The summed E-state index contributed by atoms with van der Waals surface area (Å²) in [4.78, 5) is 4.71. The predicted molar refractivity (Wildman–Crippen MR) is 253 cm³/mol. The average Bonchev–Trinajstić information content (AvgIpc) is 3.98. The van der Waals surface area contributed by atoms with Crippen LogP contribution in [0, 0.1) is 0 Å². The Balaban J connectivity index is 0.915. The number of hydrogen-bond donors (Lipinski definition) is 0. The molecule has 0 saturated heterocycles. The van der Waals surface area contributed by atoms with Crippen molar-refractivity contribution < 1.29 is 13.3 Å². The van der Waals surface area contributed by atoms with E-state index >= 15 is 0 Å². The lowest BCUT2D eigenvalue weighted by Gasteiger charge is -2.29. The summed E-state index contributed by atoms with van der Waals surface area (Å²) in [5.74, 6) is 0. The molecule has 0 spiro atoms. The minimum atomic E-state index is 0.870. The highest BCUT2D eigenvalue weighted by Crippen LogP contribution is 2.43. The molecule has 0 fully saturated rings. The van der Waals surface area contributed by atoms with Crippen molar-refractivity contribution in [2.75, 3.05) is 9.80 Å². The van der Waals surface area contributed by atoms with Crippen LogP contribution in [0.1, 0.15) is 12.8 Å². The van der Waals surface area contributed by atoms with E-state index in [1.54, 1.807) is 0 Å². The fourth-order valence-electron chi connectivity index (χ4n) is 9.50. The second-order valence-electron chi connectivity index (χ2n) is 16.1. The van der Waals surface area contributed by atoms with Crippen LogP contribution in [-0.4, -0.2) is 0 Å². The van der Waals surface area contributed by atoms with Gasteiger partial charge in [0.1, 0.15) is 33.5 Å². The van der Waals surface area contributed by atoms with E-state index in [4.69, 9.17) is 13.3 Å². The molecule has 3 aromatic heterocycles. The van der Waals surface area contributed by atoms with Crippen molar-refractivity contribution in [1.29, 1.82) is 0 Å². The Bertz CT molecular complexity index is 3790. The molecule has 288 valence electrons. The second-order valence-corrected chi connectivity index (χ2v) is 16.1. The predicted octanol–water partition coefficient (Wildman–Crippen LogP) is 16.5. The van der Waals surface area contributed by atoms with E-state index in [-0.39, 0.29) is 0 Å². The molecule has 12 aromatic rings. The quantitative estimate of drug-likeness (QED) is 0.168. The zero-order valence-corrected chi connectivity index (χ0v) is 33.0. The molecule has 0 amide bonds. The van der Waals surface area contributed by atoms with Gasteiger partial charge in [0.2, 0.25) is 0 Å². The summed E-state index contributed by atoms with van der Waals surface area (Å²) in [6, 6.07) is 62.5. The number of para-hydroxylation sites is 3. The van der Waals surface area contributed by atoms with Crippen LogP contribution in [0.5, 0.6) is 0 Å². The highest BCUT2D eigenvalue weighted by Gasteiger charge is 2.20. The molecule has 1 aliphatic carbocycles. The highest BCUT2D eigenvalue weighted by atomic mass is 16.3. The number of rotatable bonds is 6. The Labute approximate surface area is 350 Å². The lowest BCUT2D eigenvalue weighted by Crippen LogP contribution is -2.17. The minimum Gasteiger partial charge on any atom is -0.456 e. The SMILES string of the molecule is C1=CCCC(N(c2ccc3cc4c(cc3c2)oc2cc3cc(N(c5ccccc5)c5ccc6oc7ccccc7c6c5)ccc3cc24)c2ccc3oc4ccccc4c3c2)=C1. The molecule has 1 aliphatic rings. The van der Waals surface area contributed by atoms with Crippen molar-refractivity contribution in [3.8, 4) is 0 Å². The lowest BCUT2D eigenvalue weighted by atomic mass is 10.0. The first kappa shape index (κ1) is 33.9. The van der Waals surface area contributed by atoms with Gasteiger partial charge in [-0.05, 0) is 150 Å². The molecule has 0 radical (unpaired) electrons. The van der Waals surface area contributed by atoms with Crippen molar-refractivity contribution in [3.63, 3.8) is 0 Å². The minimum absolute atomic E-state index is 0.870. The molecule has 0 aliphatic heterocycles. The Hall–Kier alpha value is -8.02. The topological polar surface area (TPSA) is 45.9 Å². The molecule has 0 N–H and O–H groups in total. The van der Waals surface area contributed by atoms with E-state index in [0.29, 0.717) is 0 Å². The maximum atomic E-state index is 6.73. The molecule has 0 saturated carbocycles. The third-order valence-electron chi connectivity index (χ3n) is 12.4. The number of nitrogens with zero attached hydrogens (tertiary/aromatic N) is 2. The normalized spacial score (nSPS) is 13.1. The van der Waals surface area contributed by atoms with Gasteiger partial charge in [-0.3, -0.25) is 0 Å². The van der Waals surface area contributed by atoms with Gasteiger partial charge in [-0.2, -0.15) is 0 Å². The number of benzene rings is 9. The van der Waals surface area contributed by atoms with Crippen molar-refractivity contribution in [2.24, 2.45) is 0 Å². The van der Waals surface area contributed by atoms with Crippen molar-refractivity contribution in [3.05, 3.63) is 200 Å². The lowest BCUT2D eigenvalue weighted by molar-refractivity contribution is 0.668. The Kier molecular flexibility index (Phi) is 7.36. The number of anilines is 5. The van der Waals surface area contributed by atoms with Gasteiger partial charge >= 0.3 is 0 Å². The van der Waals surface area contributed by atoms with Gasteiger partial charge in [-0.25, -0.2) is 0 Å². The Morgan fingerprint density at radius 1 is 0.328 bits per heavy atom. The summed E-state index contributed by atoms with van der Waals surface area (Å²) in [5.41, 5.74) is 12.0. The number of hydrogen-bond acceptors (Lipinski definition) is 5. The van der Waals surface area contributed by atoms with Crippen LogP contribution in [0.2, 0.25) is 0 Å². The van der Waals surface area contributed by atoms with Crippen LogP contribution in [-0.2, 0) is 0 Å². The second kappa shape index (κ2) is 13.2. The van der Waals surface area contributed by atoms with Crippen LogP contribution in [0.15, 0.2) is 213 Å². The molecule has 3 heterocycles. The van der Waals surface area contributed by atoms with Crippen LogP contribution in [0.25, 0.3) is 87.4 Å². The van der Waals surface area contributed by atoms with E-state index in [0.717, 1.165) is 123 Å². The van der Waals surface area contributed by atoms with E-state index in [9.17, 15) is 0 Å². The molecule has 0 atom stereocenters. The largest absolute Gasteiger partial charge is 0.456 e. The standard InChI is InChI=1S/C56H36N2O3/c1-3-11-39(12-4-1)57(43-23-25-53-49(33-43)45-15-7-9-17-51(45)59-53)41-21-19-35-29-47-48-30-36-20-22-42(28-38(36)32-56(48)61-55(47)31-37(35)27-41)58(40-13-5-2-6-14-40)44-24-26-54-50(34-44)46-16-8-10-18-52(46)60-54/h1-5,7-13,15-34H,6,14H2. The maximum absolute atomic E-state index is 6.73. The first-order valence-electron chi connectivity index (χ1n) is 20.9. The van der Waals surface area contributed by atoms with Crippen LogP contribution >= 0.6 is 0 Å². The summed E-state index contributed by atoms with van der Waals surface area (Å²) in [6.07, 6.45) is 8.61. The fraction of sp³-hybridized carbons (Fsp3) is 0.0357. The van der Waals surface area contributed by atoms with E-state index in [1.165, 1.54) is 11.1 Å². The Morgan fingerprint density at radius 3 is 1.39 bits per heavy atom. The van der Waals surface area contributed by atoms with Gasteiger partial charge in [-0.15, -0.1) is 0 Å². The zero-order valence-electron chi connectivity index (χ0n) is 33.0. The molecule has 9 aromatic carbocycles. The van der Waals surface area contributed by atoms with E-state index in [2.05, 4.69) is 180 Å². The van der Waals surface area contributed by atoms with Gasteiger partial charge in [0.15, 0.2) is 0 Å². The molecule has 0 unspecified atom stereocenters. The summed E-state index contributed by atoms with van der Waals surface area (Å²) >= 11 is 0. The van der Waals surface area contributed by atoms with Crippen molar-refractivity contribution in [2.45, 2.75) is 12.8 Å². The first-order chi connectivity index (χ1) is 30.2. The summed E-state index contributed by atoms with van der Waals surface area (Å²) in [6.45, 7) is 0. The van der Waals surface area contributed by atoms with E-state index < -0.39 is 0 Å².